The lowest BCUT2D eigenvalue weighted by Gasteiger charge is -2.39. The van der Waals surface area contributed by atoms with E-state index in [0.29, 0.717) is 11.1 Å². The largest absolute Gasteiger partial charge is 0.380 e. The van der Waals surface area contributed by atoms with Gasteiger partial charge in [0, 0.05) is 31.8 Å². The summed E-state index contributed by atoms with van der Waals surface area (Å²) in [7, 11) is 0. The van der Waals surface area contributed by atoms with Crippen LogP contribution in [0.5, 0.6) is 0 Å². The molecule has 5 rings (SSSR count). The quantitative estimate of drug-likeness (QED) is 0.396. The fraction of sp³-hybridized carbons (Fsp3) is 0.619. The van der Waals surface area contributed by atoms with Crippen molar-refractivity contribution in [1.82, 2.24) is 0 Å². The van der Waals surface area contributed by atoms with Gasteiger partial charge in [-0.1, -0.05) is 0 Å². The van der Waals surface area contributed by atoms with Gasteiger partial charge in [0.25, 0.3) is 0 Å². The van der Waals surface area contributed by atoms with E-state index in [9.17, 15) is 8.78 Å². The maximum atomic E-state index is 15.2. The Labute approximate surface area is 189 Å². The van der Waals surface area contributed by atoms with Crippen molar-refractivity contribution in [3.8, 4) is 0 Å². The fourth-order valence-corrected chi connectivity index (χ4v) is 7.71. The fourth-order valence-electron chi connectivity index (χ4n) is 4.91. The van der Waals surface area contributed by atoms with Crippen LogP contribution in [-0.4, -0.2) is 57.4 Å². The summed E-state index contributed by atoms with van der Waals surface area (Å²) in [5, 5.41) is 3.20. The van der Waals surface area contributed by atoms with E-state index in [1.165, 1.54) is 0 Å². The molecule has 0 spiro atoms. The first-order valence-corrected chi connectivity index (χ1v) is 11.8. The van der Waals surface area contributed by atoms with Crippen LogP contribution in [0.2, 0.25) is 0 Å². The number of allylic oxidation sites excluding steroid dienone is 2. The molecule has 0 aromatic rings. The number of hydrogen-bond donors (Lipinski definition) is 0. The Morgan fingerprint density at radius 2 is 1.03 bits per heavy atom. The lowest BCUT2D eigenvalue weighted by molar-refractivity contribution is -0.258. The average Bonchev–Trinajstić information content (AvgIpc) is 3.25. The molecule has 5 aliphatic rings. The highest BCUT2D eigenvalue weighted by atomic mass is 32.2. The molecule has 176 valence electrons. The summed E-state index contributed by atoms with van der Waals surface area (Å²) in [6, 6.07) is 0. The van der Waals surface area contributed by atoms with Gasteiger partial charge in [-0.05, 0) is 35.8 Å². The third kappa shape index (κ3) is 2.66. The van der Waals surface area contributed by atoms with Crippen molar-refractivity contribution >= 4 is 23.5 Å². The maximum Gasteiger partial charge on any atom is 0.380 e. The molecule has 1 saturated heterocycles. The van der Waals surface area contributed by atoms with Gasteiger partial charge in [-0.15, -0.1) is 23.5 Å². The Bertz CT molecular complexity index is 925. The summed E-state index contributed by atoms with van der Waals surface area (Å²) in [6.07, 6.45) is 0. The van der Waals surface area contributed by atoms with Crippen LogP contribution < -0.4 is 0 Å². The first-order valence-electron chi connectivity index (χ1n) is 10.0. The number of alkyl halides is 6. The van der Waals surface area contributed by atoms with E-state index in [0.717, 1.165) is 23.5 Å². The smallest absolute Gasteiger partial charge is 0.378 e. The molecule has 1 saturated carbocycles. The van der Waals surface area contributed by atoms with Crippen molar-refractivity contribution in [2.75, 3.05) is 39.6 Å². The molecule has 0 aromatic carbocycles. The molecule has 2 aliphatic carbocycles. The SMILES string of the molecule is CC12COCCOCCOCC3(C)C4=CS/C3=C3/C(=C\1SC=C42)C(F)(F)C(F)(F)C3(F)F. The number of rotatable bonds is 0. The molecule has 0 amide bonds. The number of hydrogen-bond acceptors (Lipinski definition) is 5. The predicted octanol–water partition coefficient (Wildman–Crippen LogP) is 5.77. The lowest BCUT2D eigenvalue weighted by atomic mass is 9.67. The van der Waals surface area contributed by atoms with Gasteiger partial charge in [-0.2, -0.15) is 26.3 Å². The van der Waals surface area contributed by atoms with Gasteiger partial charge in [-0.3, -0.25) is 0 Å². The summed E-state index contributed by atoms with van der Waals surface area (Å²) < 4.78 is 107. The topological polar surface area (TPSA) is 27.7 Å². The molecule has 0 radical (unpaired) electrons. The second-order valence-electron chi connectivity index (χ2n) is 8.81. The summed E-state index contributed by atoms with van der Waals surface area (Å²) in [5.41, 5.74) is -3.95. The lowest BCUT2D eigenvalue weighted by Crippen LogP contribution is -2.47. The molecular weight excluding hydrogens is 478 g/mol. The highest BCUT2D eigenvalue weighted by molar-refractivity contribution is 8.06. The molecule has 2 fully saturated rings. The Kier molecular flexibility index (Phi) is 5.05. The minimum absolute atomic E-state index is 0.136. The van der Waals surface area contributed by atoms with Crippen molar-refractivity contribution in [2.24, 2.45) is 10.8 Å². The van der Waals surface area contributed by atoms with Crippen LogP contribution in [0.4, 0.5) is 26.3 Å². The molecule has 2 atom stereocenters. The average molecular weight is 499 g/mol. The van der Waals surface area contributed by atoms with Crippen LogP contribution in [0.1, 0.15) is 13.8 Å². The second-order valence-corrected chi connectivity index (χ2v) is 10.6. The van der Waals surface area contributed by atoms with E-state index < -0.39 is 39.7 Å². The van der Waals surface area contributed by atoms with Gasteiger partial charge >= 0.3 is 17.8 Å². The zero-order valence-corrected chi connectivity index (χ0v) is 18.8. The van der Waals surface area contributed by atoms with E-state index in [-0.39, 0.29) is 49.5 Å². The second kappa shape index (κ2) is 7.07. The van der Waals surface area contributed by atoms with Gasteiger partial charge in [0.05, 0.1) is 39.6 Å². The predicted molar refractivity (Wildman–Crippen MR) is 109 cm³/mol. The minimum atomic E-state index is -5.57. The maximum absolute atomic E-state index is 15.2. The molecule has 3 heterocycles. The molecule has 0 N–H and O–H groups in total. The van der Waals surface area contributed by atoms with Crippen LogP contribution in [0.25, 0.3) is 0 Å². The van der Waals surface area contributed by atoms with Gasteiger partial charge in [0.2, 0.25) is 0 Å². The molecule has 0 aromatic heterocycles. The van der Waals surface area contributed by atoms with Crippen LogP contribution in [0, 0.1) is 10.8 Å². The van der Waals surface area contributed by atoms with Crippen molar-refractivity contribution in [3.05, 3.63) is 42.9 Å². The van der Waals surface area contributed by atoms with Crippen molar-refractivity contribution in [2.45, 2.75) is 31.6 Å². The third-order valence-electron chi connectivity index (χ3n) is 6.72. The Hall–Kier alpha value is -0.880. The molecule has 2 unspecified atom stereocenters. The van der Waals surface area contributed by atoms with E-state index in [4.69, 9.17) is 14.2 Å². The van der Waals surface area contributed by atoms with E-state index in [2.05, 4.69) is 0 Å². The number of ether oxygens (including phenoxy) is 3. The molecule has 32 heavy (non-hydrogen) atoms. The zero-order chi connectivity index (χ0) is 23.2. The Morgan fingerprint density at radius 1 is 0.656 bits per heavy atom. The number of halogens is 6. The van der Waals surface area contributed by atoms with Crippen LogP contribution in [0.15, 0.2) is 42.9 Å². The first kappa shape index (κ1) is 22.9. The van der Waals surface area contributed by atoms with E-state index >= 15 is 17.6 Å². The van der Waals surface area contributed by atoms with Gasteiger partial charge in [0.15, 0.2) is 0 Å². The van der Waals surface area contributed by atoms with E-state index in [1.54, 1.807) is 24.7 Å². The monoisotopic (exact) mass is 498 g/mol. The molecular formula is C21H20F6O3S2. The summed E-state index contributed by atoms with van der Waals surface area (Å²) >= 11 is 1.60. The Balaban J connectivity index is 1.86. The summed E-state index contributed by atoms with van der Waals surface area (Å²) in [6.45, 7) is 3.63. The van der Waals surface area contributed by atoms with Crippen LogP contribution in [0.3, 0.4) is 0 Å². The van der Waals surface area contributed by atoms with Crippen LogP contribution >= 0.6 is 23.5 Å². The molecule has 6 bridgehead atoms. The first-order chi connectivity index (χ1) is 14.9. The van der Waals surface area contributed by atoms with Crippen LogP contribution in [-0.2, 0) is 14.2 Å². The zero-order valence-electron chi connectivity index (χ0n) is 17.2. The third-order valence-corrected chi connectivity index (χ3v) is 9.20. The van der Waals surface area contributed by atoms with Gasteiger partial charge < -0.3 is 14.2 Å². The molecule has 3 aliphatic heterocycles. The van der Waals surface area contributed by atoms with E-state index in [1.807, 2.05) is 0 Å². The highest BCUT2D eigenvalue weighted by Gasteiger charge is 2.83. The summed E-state index contributed by atoms with van der Waals surface area (Å²) in [5.74, 6) is -15.7. The number of thioether (sulfide) groups is 2. The normalized spacial score (nSPS) is 42.2. The highest BCUT2D eigenvalue weighted by Crippen LogP contribution is 2.73. The van der Waals surface area contributed by atoms with Crippen molar-refractivity contribution in [3.63, 3.8) is 0 Å². The number of fused-ring (bicyclic) bond motifs is 1. The molecule has 3 nitrogen and oxygen atoms in total. The standard InChI is InChI=1S/C21H20F6O3S2/c1-17-9-29-5-3-28-4-6-30-10-18(2)12-8-32-16(18)14-13(15(17)31-7-11(12)17)19(22,23)21(26,27)20(14,24)25/h7-8H,3-6,9-10H2,1-2H3/b15-13-,16-14-. The Morgan fingerprint density at radius 3 is 1.44 bits per heavy atom. The molecule has 11 heteroatoms. The van der Waals surface area contributed by atoms with Gasteiger partial charge in [0.1, 0.15) is 0 Å². The van der Waals surface area contributed by atoms with Crippen molar-refractivity contribution < 1.29 is 40.6 Å². The minimum Gasteiger partial charge on any atom is -0.378 e. The van der Waals surface area contributed by atoms with Crippen molar-refractivity contribution in [1.29, 1.82) is 0 Å². The van der Waals surface area contributed by atoms with Gasteiger partial charge in [-0.25, -0.2) is 0 Å². The summed E-state index contributed by atoms with van der Waals surface area (Å²) in [4.78, 5) is -0.428.